The number of hydrogen-bond acceptors (Lipinski definition) is 8. The summed E-state index contributed by atoms with van der Waals surface area (Å²) < 4.78 is 1.77. The number of pyridine rings is 3. The Bertz CT molecular complexity index is 4400. The van der Waals surface area contributed by atoms with Crippen molar-refractivity contribution in [1.29, 1.82) is 0 Å². The van der Waals surface area contributed by atoms with Gasteiger partial charge in [0.05, 0.1) is 16.9 Å². The molecule has 0 radical (unpaired) electrons. The molecule has 0 aliphatic rings. The lowest BCUT2D eigenvalue weighted by Crippen LogP contribution is -2.14. The Morgan fingerprint density at radius 3 is 1.53 bits per heavy atom. The number of carbonyl (C=O) groups excluding carboxylic acids is 3. The highest BCUT2D eigenvalue weighted by Gasteiger charge is 2.13. The van der Waals surface area contributed by atoms with Crippen LogP contribution in [-0.4, -0.2) is 44.7 Å². The van der Waals surface area contributed by atoms with Crippen LogP contribution >= 0.6 is 39.9 Å². The van der Waals surface area contributed by atoms with Gasteiger partial charge in [-0.25, -0.2) is 4.98 Å². The van der Waals surface area contributed by atoms with Crippen LogP contribution in [0.3, 0.4) is 0 Å². The second-order valence-electron chi connectivity index (χ2n) is 21.3. The predicted octanol–water partition coefficient (Wildman–Crippen LogP) is 20.2. The molecule has 5 N–H and O–H groups in total. The van der Waals surface area contributed by atoms with Crippen molar-refractivity contribution in [1.82, 2.24) is 15.0 Å². The molecule has 0 spiro atoms. The van der Waals surface area contributed by atoms with E-state index in [0.717, 1.165) is 111 Å². The maximum Gasteiger partial charge on any atom is 0.255 e. The zero-order valence-electron chi connectivity index (χ0n) is 51.8. The first-order valence-electron chi connectivity index (χ1n) is 29.4. The number of fused-ring (bicyclic) bond motifs is 3. The van der Waals surface area contributed by atoms with Gasteiger partial charge >= 0.3 is 0 Å². The second kappa shape index (κ2) is 33.8. The van der Waals surface area contributed by atoms with E-state index in [9.17, 15) is 19.2 Å². The number of nitrogens with two attached hydrogens (primary N) is 1. The van der Waals surface area contributed by atoms with E-state index in [1.54, 1.807) is 49.4 Å². The zero-order valence-corrected chi connectivity index (χ0v) is 55.0. The monoisotopic (exact) mass is 1290 g/mol. The number of hydrogen-bond donors (Lipinski definition) is 4. The summed E-state index contributed by atoms with van der Waals surface area (Å²) in [6, 6.07) is 75.1. The molecule has 0 unspecified atom stereocenters. The number of carbonyl (C=O) groups is 3. The van der Waals surface area contributed by atoms with Crippen LogP contribution < -0.4 is 16.5 Å². The SMILES string of the molecule is C=C.CC(=O)c1cc(C)ccc1Br.CC(=O)c1cc(C)ccc1NC(=O)c1ccccc1.Cc1ccc2[nH]c(-c3ccccc3)cc(=O)c2c1.Cc1ccc2[nH]c(-c3ccccc3)cc(=S)c2c1.Cc1ccc2nc(-c3ccccc3)cc(SCCCN)c2c1. The third-order valence-corrected chi connectivity index (χ3v) is 16.3. The third kappa shape index (κ3) is 19.3. The molecule has 12 heteroatoms. The first-order chi connectivity index (χ1) is 43.4. The Morgan fingerprint density at radius 2 is 0.989 bits per heavy atom. The number of nitrogens with zero attached hydrogens (tertiary/aromatic N) is 1. The van der Waals surface area contributed by atoms with Crippen LogP contribution in [-0.2, 0) is 0 Å². The molecule has 90 heavy (non-hydrogen) atoms. The molecule has 0 aliphatic carbocycles. The third-order valence-electron chi connectivity index (χ3n) is 14.1. The summed E-state index contributed by atoms with van der Waals surface area (Å²) in [5.41, 5.74) is 23.1. The number of amides is 1. The number of nitrogens with one attached hydrogen (secondary N) is 3. The summed E-state index contributed by atoms with van der Waals surface area (Å²) in [5, 5.41) is 5.87. The minimum atomic E-state index is -0.216. The minimum Gasteiger partial charge on any atom is -0.354 e. The van der Waals surface area contributed by atoms with Gasteiger partial charge in [-0.3, -0.25) is 19.2 Å². The molecule has 3 aromatic heterocycles. The van der Waals surface area contributed by atoms with Gasteiger partial charge in [0.15, 0.2) is 17.0 Å². The fourth-order valence-electron chi connectivity index (χ4n) is 9.47. The van der Waals surface area contributed by atoms with Crippen molar-refractivity contribution in [3.63, 3.8) is 0 Å². The Balaban J connectivity index is 0.000000161. The van der Waals surface area contributed by atoms with Crippen LogP contribution in [0.4, 0.5) is 5.69 Å². The molecule has 1 amide bonds. The van der Waals surface area contributed by atoms with E-state index in [1.165, 1.54) is 28.3 Å². The van der Waals surface area contributed by atoms with E-state index < -0.39 is 0 Å². The molecular formula is C78H74BrN5O4S2. The number of H-pyrrole nitrogens is 2. The predicted molar refractivity (Wildman–Crippen MR) is 386 cm³/mol. The maximum absolute atomic E-state index is 12.1. The average molecular weight is 1290 g/mol. The summed E-state index contributed by atoms with van der Waals surface area (Å²) in [5.74, 6) is 0.859. The lowest BCUT2D eigenvalue weighted by atomic mass is 10.1. The highest BCUT2D eigenvalue weighted by molar-refractivity contribution is 9.10. The number of ketones is 2. The Morgan fingerprint density at radius 1 is 0.533 bits per heavy atom. The number of aryl methyl sites for hydroxylation is 5. The molecule has 0 saturated heterocycles. The van der Waals surface area contributed by atoms with Crippen molar-refractivity contribution in [3.8, 4) is 33.8 Å². The molecule has 0 fully saturated rings. The largest absolute Gasteiger partial charge is 0.354 e. The molecular weight excluding hydrogens is 1210 g/mol. The highest BCUT2D eigenvalue weighted by atomic mass is 79.9. The van der Waals surface area contributed by atoms with E-state index in [0.29, 0.717) is 16.8 Å². The first kappa shape index (κ1) is 68.1. The van der Waals surface area contributed by atoms with Crippen LogP contribution in [0, 0.1) is 39.1 Å². The standard InChI is InChI=1S/C19H20N2S.C16H15NO2.C16H13NO.C16H13NS.C9H9BrO.C2H4/c1-14-8-9-17-16(12-14)19(22-11-5-10-20)13-18(21-17)15-6-3-2-4-7-15;1-11-8-9-15(14(10-11)12(2)18)17-16(19)13-6-4-3-5-7-13;2*1-11-7-8-14-13(9-11)16(18)10-15(17-14)12-5-3-2-4-6-12;1-6-3-4-9(10)8(5-6)7(2)11;1-2/h2-4,6-9,12-13H,5,10-11,20H2,1H3;3-10H,1-2H3,(H,17,19);2*2-10H,1H3,(H,17,18);3-5H,1-2H3;1-2H2. The number of Topliss-reactive ketones (excluding diaryl/α,β-unsaturated/α-hetero) is 2. The topological polar surface area (TPSA) is 151 Å². The van der Waals surface area contributed by atoms with Crippen molar-refractivity contribution in [2.24, 2.45) is 5.73 Å². The van der Waals surface area contributed by atoms with Crippen molar-refractivity contribution in [2.45, 2.75) is 59.8 Å². The normalized spacial score (nSPS) is 10.3. The van der Waals surface area contributed by atoms with Gasteiger partial charge in [-0.05, 0) is 163 Å². The fourth-order valence-corrected chi connectivity index (χ4v) is 11.3. The lowest BCUT2D eigenvalue weighted by molar-refractivity contribution is 0.100. The van der Waals surface area contributed by atoms with Crippen molar-refractivity contribution in [2.75, 3.05) is 17.6 Å². The smallest absolute Gasteiger partial charge is 0.255 e. The van der Waals surface area contributed by atoms with Crippen LogP contribution in [0.2, 0.25) is 0 Å². The Kier molecular flexibility index (Phi) is 25.6. The molecule has 3 heterocycles. The molecule has 9 aromatic carbocycles. The Labute approximate surface area is 545 Å². The highest BCUT2D eigenvalue weighted by Crippen LogP contribution is 2.33. The number of anilines is 1. The molecule has 454 valence electrons. The van der Waals surface area contributed by atoms with Crippen LogP contribution in [0.25, 0.3) is 66.5 Å². The minimum absolute atomic E-state index is 0.0614. The van der Waals surface area contributed by atoms with E-state index in [-0.39, 0.29) is 22.9 Å². The molecule has 12 rings (SSSR count). The fraction of sp³-hybridized carbons (Fsp3) is 0.128. The average Bonchev–Trinajstić information content (AvgIpc) is 1.03. The zero-order chi connectivity index (χ0) is 64.7. The summed E-state index contributed by atoms with van der Waals surface area (Å²) in [6.07, 6.45) is 1.03. The number of aromatic nitrogens is 3. The maximum atomic E-state index is 12.1. The molecule has 0 aliphatic heterocycles. The van der Waals surface area contributed by atoms with Gasteiger partial charge in [0, 0.05) is 80.8 Å². The molecule has 9 nitrogen and oxygen atoms in total. The van der Waals surface area contributed by atoms with Crippen molar-refractivity contribution >= 4 is 95.8 Å². The summed E-state index contributed by atoms with van der Waals surface area (Å²) in [4.78, 5) is 59.6. The van der Waals surface area contributed by atoms with E-state index in [2.05, 4.69) is 137 Å². The van der Waals surface area contributed by atoms with Crippen LogP contribution in [0.5, 0.6) is 0 Å². The van der Waals surface area contributed by atoms with Gasteiger partial charge in [0.25, 0.3) is 5.91 Å². The summed E-state index contributed by atoms with van der Waals surface area (Å²) in [7, 11) is 0. The second-order valence-corrected chi connectivity index (χ2v) is 23.7. The van der Waals surface area contributed by atoms with Gasteiger partial charge in [-0.2, -0.15) is 0 Å². The van der Waals surface area contributed by atoms with E-state index in [1.807, 2.05) is 142 Å². The van der Waals surface area contributed by atoms with Crippen LogP contribution in [0.15, 0.2) is 258 Å². The first-order valence-corrected chi connectivity index (χ1v) is 31.6. The molecule has 12 aromatic rings. The van der Waals surface area contributed by atoms with E-state index >= 15 is 0 Å². The van der Waals surface area contributed by atoms with Crippen molar-refractivity contribution < 1.29 is 14.4 Å². The number of halogens is 1. The van der Waals surface area contributed by atoms with Gasteiger partial charge in [0.1, 0.15) is 0 Å². The summed E-state index contributed by atoms with van der Waals surface area (Å²) in [6.45, 7) is 19.9. The number of benzene rings is 9. The quantitative estimate of drug-likeness (QED) is 0.0329. The van der Waals surface area contributed by atoms with Gasteiger partial charge in [0.2, 0.25) is 0 Å². The van der Waals surface area contributed by atoms with Crippen molar-refractivity contribution in [3.05, 3.63) is 307 Å². The van der Waals surface area contributed by atoms with Crippen LogP contribution in [0.1, 0.15) is 79.2 Å². The number of aromatic amines is 2. The lowest BCUT2D eigenvalue weighted by Gasteiger charge is -2.10. The Hall–Kier alpha value is -9.43. The number of rotatable bonds is 11. The van der Waals surface area contributed by atoms with E-state index in [4.69, 9.17) is 22.9 Å². The van der Waals surface area contributed by atoms with Gasteiger partial charge in [-0.15, -0.1) is 24.9 Å². The van der Waals surface area contributed by atoms with Gasteiger partial charge in [-0.1, -0.05) is 195 Å². The number of thioether (sulfide) groups is 1. The molecule has 0 saturated carbocycles. The molecule has 0 atom stereocenters. The summed E-state index contributed by atoms with van der Waals surface area (Å²) >= 11 is 10.7. The van der Waals surface area contributed by atoms with Gasteiger partial charge < -0.3 is 21.0 Å². The molecule has 0 bridgehead atoms.